The Balaban J connectivity index is 1.95. The SMILES string of the molecule is CO[C@H]1OC(COS(=O)(=O)O)C[C@@H](OCc2ccccc2)C1C. The molecule has 0 radical (unpaired) electrons. The zero-order valence-electron chi connectivity index (χ0n) is 13.1. The van der Waals surface area contributed by atoms with E-state index in [1.54, 1.807) is 0 Å². The third-order valence-electron chi connectivity index (χ3n) is 3.78. The van der Waals surface area contributed by atoms with E-state index in [0.29, 0.717) is 13.0 Å². The predicted octanol–water partition coefficient (Wildman–Crippen LogP) is 1.79. The molecule has 1 aliphatic rings. The molecule has 4 atom stereocenters. The first-order valence-electron chi connectivity index (χ1n) is 7.34. The van der Waals surface area contributed by atoms with Gasteiger partial charge < -0.3 is 14.2 Å². The largest absolute Gasteiger partial charge is 0.397 e. The minimum atomic E-state index is -4.50. The van der Waals surface area contributed by atoms with Crippen molar-refractivity contribution in [3.63, 3.8) is 0 Å². The van der Waals surface area contributed by atoms with Crippen LogP contribution in [-0.4, -0.2) is 45.2 Å². The summed E-state index contributed by atoms with van der Waals surface area (Å²) in [6.45, 7) is 2.11. The summed E-state index contributed by atoms with van der Waals surface area (Å²) < 4.78 is 51.3. The lowest BCUT2D eigenvalue weighted by molar-refractivity contribution is -0.246. The quantitative estimate of drug-likeness (QED) is 0.753. The highest BCUT2D eigenvalue weighted by molar-refractivity contribution is 7.80. The van der Waals surface area contributed by atoms with Crippen LogP contribution in [0.2, 0.25) is 0 Å². The maximum Gasteiger partial charge on any atom is 0.397 e. The van der Waals surface area contributed by atoms with Gasteiger partial charge in [0.15, 0.2) is 6.29 Å². The Morgan fingerprint density at radius 2 is 2.00 bits per heavy atom. The lowest BCUT2D eigenvalue weighted by Crippen LogP contribution is -2.46. The second-order valence-corrected chi connectivity index (χ2v) is 6.60. The molecule has 7 nitrogen and oxygen atoms in total. The van der Waals surface area contributed by atoms with E-state index in [9.17, 15) is 8.42 Å². The molecular weight excluding hydrogens is 324 g/mol. The second kappa shape index (κ2) is 8.18. The molecule has 0 aromatic heterocycles. The summed E-state index contributed by atoms with van der Waals surface area (Å²) in [6, 6.07) is 9.75. The van der Waals surface area contributed by atoms with Gasteiger partial charge in [-0.25, -0.2) is 4.18 Å². The molecule has 0 bridgehead atoms. The van der Waals surface area contributed by atoms with Crippen molar-refractivity contribution in [2.45, 2.75) is 38.4 Å². The lowest BCUT2D eigenvalue weighted by Gasteiger charge is -2.39. The summed E-state index contributed by atoms with van der Waals surface area (Å²) in [6.07, 6.45) is -0.800. The van der Waals surface area contributed by atoms with Crippen molar-refractivity contribution in [3.8, 4) is 0 Å². The fourth-order valence-electron chi connectivity index (χ4n) is 2.55. The van der Waals surface area contributed by atoms with Crippen LogP contribution in [0.5, 0.6) is 0 Å². The van der Waals surface area contributed by atoms with E-state index in [2.05, 4.69) is 4.18 Å². The van der Waals surface area contributed by atoms with E-state index in [0.717, 1.165) is 5.56 Å². The minimum absolute atomic E-state index is 0.0225. The summed E-state index contributed by atoms with van der Waals surface area (Å²) in [5.41, 5.74) is 1.05. The average Bonchev–Trinajstić information content (AvgIpc) is 2.53. The Bertz CT molecular complexity index is 575. The molecule has 1 saturated heterocycles. The van der Waals surface area contributed by atoms with Crippen LogP contribution in [0.1, 0.15) is 18.9 Å². The number of benzene rings is 1. The highest BCUT2D eigenvalue weighted by Gasteiger charge is 2.37. The minimum Gasteiger partial charge on any atom is -0.373 e. The maximum atomic E-state index is 10.7. The van der Waals surface area contributed by atoms with Crippen molar-refractivity contribution in [3.05, 3.63) is 35.9 Å². The van der Waals surface area contributed by atoms with Gasteiger partial charge in [0.25, 0.3) is 0 Å². The summed E-state index contributed by atoms with van der Waals surface area (Å²) >= 11 is 0. The van der Waals surface area contributed by atoms with Gasteiger partial charge in [-0.3, -0.25) is 4.55 Å². The Hall–Kier alpha value is -1.03. The molecule has 0 saturated carbocycles. The van der Waals surface area contributed by atoms with Gasteiger partial charge in [0, 0.05) is 19.4 Å². The molecule has 1 heterocycles. The molecule has 2 rings (SSSR count). The lowest BCUT2D eigenvalue weighted by atomic mass is 9.95. The van der Waals surface area contributed by atoms with Crippen LogP contribution in [0.15, 0.2) is 30.3 Å². The fraction of sp³-hybridized carbons (Fsp3) is 0.600. The number of methoxy groups -OCH3 is 1. The Kier molecular flexibility index (Phi) is 6.51. The highest BCUT2D eigenvalue weighted by Crippen LogP contribution is 2.29. The summed E-state index contributed by atoms with van der Waals surface area (Å²) in [5, 5.41) is 0. The first-order chi connectivity index (χ1) is 10.9. The van der Waals surface area contributed by atoms with E-state index in [1.165, 1.54) is 7.11 Å². The van der Waals surface area contributed by atoms with Gasteiger partial charge in [-0.1, -0.05) is 37.3 Å². The van der Waals surface area contributed by atoms with E-state index < -0.39 is 22.8 Å². The van der Waals surface area contributed by atoms with Gasteiger partial charge in [-0.2, -0.15) is 8.42 Å². The summed E-state index contributed by atoms with van der Waals surface area (Å²) in [4.78, 5) is 0. The van der Waals surface area contributed by atoms with Gasteiger partial charge in [0.2, 0.25) is 0 Å². The van der Waals surface area contributed by atoms with Crippen LogP contribution in [0, 0.1) is 5.92 Å². The molecule has 0 amide bonds. The molecule has 1 aromatic carbocycles. The molecule has 23 heavy (non-hydrogen) atoms. The fourth-order valence-corrected chi connectivity index (χ4v) is 2.88. The Morgan fingerprint density at radius 1 is 1.30 bits per heavy atom. The summed E-state index contributed by atoms with van der Waals surface area (Å²) in [5.74, 6) is -0.0225. The first-order valence-corrected chi connectivity index (χ1v) is 8.71. The molecule has 1 aromatic rings. The molecular formula is C15H22O7S. The highest BCUT2D eigenvalue weighted by atomic mass is 32.3. The predicted molar refractivity (Wildman–Crippen MR) is 82.0 cm³/mol. The third-order valence-corrected chi connectivity index (χ3v) is 4.21. The van der Waals surface area contributed by atoms with Gasteiger partial charge in [0.1, 0.15) is 0 Å². The van der Waals surface area contributed by atoms with Crippen LogP contribution < -0.4 is 0 Å². The number of hydrogen-bond acceptors (Lipinski definition) is 6. The zero-order valence-corrected chi connectivity index (χ0v) is 13.9. The van der Waals surface area contributed by atoms with Crippen LogP contribution >= 0.6 is 0 Å². The third kappa shape index (κ3) is 5.83. The molecule has 8 heteroatoms. The molecule has 2 unspecified atom stereocenters. The Labute approximate surface area is 136 Å². The Morgan fingerprint density at radius 3 is 2.61 bits per heavy atom. The van der Waals surface area contributed by atoms with Crippen molar-refractivity contribution in [1.29, 1.82) is 0 Å². The van der Waals surface area contributed by atoms with Gasteiger partial charge in [-0.15, -0.1) is 0 Å². The van der Waals surface area contributed by atoms with E-state index in [1.807, 2.05) is 37.3 Å². The molecule has 1 fully saturated rings. The van der Waals surface area contributed by atoms with E-state index in [-0.39, 0.29) is 18.6 Å². The van der Waals surface area contributed by atoms with Crippen molar-refractivity contribution >= 4 is 10.4 Å². The topological polar surface area (TPSA) is 91.3 Å². The number of hydrogen-bond donors (Lipinski definition) is 1. The van der Waals surface area contributed by atoms with Crippen molar-refractivity contribution in [2.24, 2.45) is 5.92 Å². The van der Waals surface area contributed by atoms with Crippen molar-refractivity contribution < 1.29 is 31.4 Å². The van der Waals surface area contributed by atoms with Crippen molar-refractivity contribution in [2.75, 3.05) is 13.7 Å². The van der Waals surface area contributed by atoms with Gasteiger partial charge in [-0.05, 0) is 5.56 Å². The van der Waals surface area contributed by atoms with Crippen LogP contribution in [-0.2, 0) is 35.4 Å². The molecule has 130 valence electrons. The van der Waals surface area contributed by atoms with Crippen molar-refractivity contribution in [1.82, 2.24) is 0 Å². The zero-order chi connectivity index (χ0) is 16.9. The molecule has 0 spiro atoms. The van der Waals surface area contributed by atoms with E-state index >= 15 is 0 Å². The molecule has 0 aliphatic carbocycles. The average molecular weight is 346 g/mol. The smallest absolute Gasteiger partial charge is 0.373 e. The van der Waals surface area contributed by atoms with Gasteiger partial charge in [0.05, 0.1) is 25.4 Å². The van der Waals surface area contributed by atoms with Crippen LogP contribution in [0.3, 0.4) is 0 Å². The normalized spacial score (nSPS) is 28.7. The molecule has 1 aliphatic heterocycles. The van der Waals surface area contributed by atoms with E-state index in [4.69, 9.17) is 18.8 Å². The first kappa shape index (κ1) is 18.3. The van der Waals surface area contributed by atoms with Crippen LogP contribution in [0.4, 0.5) is 0 Å². The maximum absolute atomic E-state index is 10.7. The second-order valence-electron chi connectivity index (χ2n) is 5.50. The standard InChI is InChI=1S/C15H22O7S/c1-11-14(20-9-12-6-4-3-5-7-12)8-13(22-15(11)19-2)10-21-23(16,17)18/h3-7,11,13-15H,8-10H2,1-2H3,(H,16,17,18)/t11?,13?,14-,15+/m1/s1. The molecule has 1 N–H and O–H groups in total. The van der Waals surface area contributed by atoms with Gasteiger partial charge >= 0.3 is 10.4 Å². The number of rotatable bonds is 7. The monoisotopic (exact) mass is 346 g/mol. The summed E-state index contributed by atoms with van der Waals surface area (Å²) in [7, 11) is -2.98. The number of ether oxygens (including phenoxy) is 3. The van der Waals surface area contributed by atoms with Crippen LogP contribution in [0.25, 0.3) is 0 Å².